The van der Waals surface area contributed by atoms with Crippen LogP contribution in [0.3, 0.4) is 0 Å². The molecule has 1 atom stereocenters. The summed E-state index contributed by atoms with van der Waals surface area (Å²) in [5, 5.41) is 8.92. The number of hydrogen-bond acceptors (Lipinski definition) is 3. The Morgan fingerprint density at radius 2 is 2.05 bits per heavy atom. The second-order valence-electron chi connectivity index (χ2n) is 5.36. The summed E-state index contributed by atoms with van der Waals surface area (Å²) in [6.45, 7) is 1.69. The lowest BCUT2D eigenvalue weighted by molar-refractivity contribution is -0.124. The molecule has 1 aromatic rings. The van der Waals surface area contributed by atoms with Crippen LogP contribution < -0.4 is 16.0 Å². The molecule has 0 bridgehead atoms. The number of hydrogen-bond donors (Lipinski definition) is 3. The number of aryl methyl sites for hydroxylation is 1. The van der Waals surface area contributed by atoms with Crippen molar-refractivity contribution >= 4 is 17.5 Å². The first-order chi connectivity index (χ1) is 9.74. The van der Waals surface area contributed by atoms with E-state index in [1.165, 1.54) is 5.56 Å². The average molecular weight is 273 g/mol. The fourth-order valence-corrected chi connectivity index (χ4v) is 2.77. The summed E-state index contributed by atoms with van der Waals surface area (Å²) >= 11 is 0. The third-order valence-electron chi connectivity index (χ3n) is 3.90. The number of piperidine rings is 1. The highest BCUT2D eigenvalue weighted by molar-refractivity contribution is 5.98. The minimum Gasteiger partial charge on any atom is -0.385 e. The second-order valence-corrected chi connectivity index (χ2v) is 5.36. The van der Waals surface area contributed by atoms with Crippen molar-refractivity contribution in [3.8, 4) is 0 Å². The van der Waals surface area contributed by atoms with Gasteiger partial charge in [0.2, 0.25) is 5.91 Å². The molecule has 20 heavy (non-hydrogen) atoms. The van der Waals surface area contributed by atoms with Crippen molar-refractivity contribution in [1.29, 1.82) is 0 Å². The lowest BCUT2D eigenvalue weighted by Crippen LogP contribution is -2.50. The van der Waals surface area contributed by atoms with Gasteiger partial charge in [-0.15, -0.1) is 0 Å². The maximum Gasteiger partial charge on any atom is 0.251 e. The van der Waals surface area contributed by atoms with Crippen molar-refractivity contribution in [3.05, 3.63) is 29.3 Å². The van der Waals surface area contributed by atoms with Gasteiger partial charge in [-0.1, -0.05) is 0 Å². The van der Waals surface area contributed by atoms with E-state index in [0.29, 0.717) is 18.5 Å². The molecule has 0 saturated carbocycles. The minimum absolute atomic E-state index is 0.0794. The number of benzene rings is 1. The first kappa shape index (κ1) is 13.0. The van der Waals surface area contributed by atoms with Crippen molar-refractivity contribution in [3.63, 3.8) is 0 Å². The van der Waals surface area contributed by atoms with Crippen LogP contribution in [-0.2, 0) is 11.2 Å². The molecule has 106 valence electrons. The monoisotopic (exact) mass is 273 g/mol. The molecule has 1 unspecified atom stereocenters. The molecule has 5 nitrogen and oxygen atoms in total. The first-order valence-electron chi connectivity index (χ1n) is 7.19. The Morgan fingerprint density at radius 3 is 2.90 bits per heavy atom. The van der Waals surface area contributed by atoms with E-state index in [9.17, 15) is 9.59 Å². The van der Waals surface area contributed by atoms with Gasteiger partial charge in [-0.3, -0.25) is 9.59 Å². The zero-order chi connectivity index (χ0) is 13.9. The number of amides is 2. The zero-order valence-corrected chi connectivity index (χ0v) is 11.4. The van der Waals surface area contributed by atoms with Crippen LogP contribution in [0, 0.1) is 0 Å². The molecule has 3 rings (SSSR count). The fourth-order valence-electron chi connectivity index (χ4n) is 2.77. The molecule has 0 spiro atoms. The summed E-state index contributed by atoms with van der Waals surface area (Å²) in [6.07, 6.45) is 3.70. The molecular formula is C15H19N3O2. The van der Waals surface area contributed by atoms with E-state index in [1.807, 2.05) is 18.2 Å². The number of carbonyl (C=O) groups is 2. The topological polar surface area (TPSA) is 70.2 Å². The van der Waals surface area contributed by atoms with E-state index in [0.717, 1.165) is 31.5 Å². The van der Waals surface area contributed by atoms with Gasteiger partial charge >= 0.3 is 0 Å². The third-order valence-corrected chi connectivity index (χ3v) is 3.90. The van der Waals surface area contributed by atoms with Crippen LogP contribution in [0.25, 0.3) is 0 Å². The predicted octanol–water partition coefficient (Wildman–Crippen LogP) is 1.05. The Bertz CT molecular complexity index is 542. The molecule has 3 N–H and O–H groups in total. The van der Waals surface area contributed by atoms with Crippen LogP contribution in [0.2, 0.25) is 0 Å². The Balaban J connectivity index is 1.72. The predicted molar refractivity (Wildman–Crippen MR) is 76.8 cm³/mol. The highest BCUT2D eigenvalue weighted by atomic mass is 16.2. The molecule has 0 radical (unpaired) electrons. The summed E-state index contributed by atoms with van der Waals surface area (Å²) in [5.41, 5.74) is 2.92. The zero-order valence-electron chi connectivity index (χ0n) is 11.4. The summed E-state index contributed by atoms with van der Waals surface area (Å²) in [7, 11) is 0. The Hall–Kier alpha value is -2.04. The summed E-state index contributed by atoms with van der Waals surface area (Å²) in [4.78, 5) is 23.9. The van der Waals surface area contributed by atoms with E-state index in [-0.39, 0.29) is 11.8 Å². The van der Waals surface area contributed by atoms with E-state index < -0.39 is 6.04 Å². The van der Waals surface area contributed by atoms with Crippen LogP contribution in [0.1, 0.15) is 35.2 Å². The summed E-state index contributed by atoms with van der Waals surface area (Å²) < 4.78 is 0. The van der Waals surface area contributed by atoms with Gasteiger partial charge in [0.1, 0.15) is 6.04 Å². The van der Waals surface area contributed by atoms with Crippen molar-refractivity contribution in [2.45, 2.75) is 31.7 Å². The van der Waals surface area contributed by atoms with Crippen LogP contribution in [0.15, 0.2) is 18.2 Å². The molecule has 2 heterocycles. The van der Waals surface area contributed by atoms with Crippen LogP contribution >= 0.6 is 0 Å². The van der Waals surface area contributed by atoms with Gasteiger partial charge in [0.05, 0.1) is 0 Å². The molecule has 2 aliphatic rings. The van der Waals surface area contributed by atoms with E-state index in [2.05, 4.69) is 16.0 Å². The van der Waals surface area contributed by atoms with Crippen molar-refractivity contribution in [2.75, 3.05) is 18.4 Å². The molecule has 0 aliphatic carbocycles. The molecular weight excluding hydrogens is 254 g/mol. The fraction of sp³-hybridized carbons (Fsp3) is 0.467. The molecule has 2 aliphatic heterocycles. The van der Waals surface area contributed by atoms with Crippen molar-refractivity contribution < 1.29 is 9.59 Å². The smallest absolute Gasteiger partial charge is 0.251 e. The van der Waals surface area contributed by atoms with Crippen molar-refractivity contribution in [1.82, 2.24) is 10.6 Å². The highest BCUT2D eigenvalue weighted by Crippen LogP contribution is 2.23. The number of fused-ring (bicyclic) bond motifs is 1. The number of rotatable bonds is 2. The van der Waals surface area contributed by atoms with Gasteiger partial charge in [0.15, 0.2) is 0 Å². The lowest BCUT2D eigenvalue weighted by Gasteiger charge is -2.23. The van der Waals surface area contributed by atoms with Gasteiger partial charge in [-0.25, -0.2) is 0 Å². The summed E-state index contributed by atoms with van der Waals surface area (Å²) in [5.74, 6) is -0.246. The lowest BCUT2D eigenvalue weighted by atomic mass is 10.00. The van der Waals surface area contributed by atoms with E-state index in [1.54, 1.807) is 0 Å². The maximum atomic E-state index is 12.2. The molecule has 2 amide bonds. The molecule has 1 aromatic carbocycles. The second kappa shape index (κ2) is 5.53. The van der Waals surface area contributed by atoms with E-state index in [4.69, 9.17) is 0 Å². The number of nitrogens with one attached hydrogen (secondary N) is 3. The SMILES string of the molecule is O=C(NC1CCCNC1=O)c1ccc2c(c1)CCCN2. The third kappa shape index (κ3) is 2.61. The van der Waals surface area contributed by atoms with Gasteiger partial charge < -0.3 is 16.0 Å². The number of anilines is 1. The minimum atomic E-state index is -0.398. The molecule has 1 saturated heterocycles. The standard InChI is InChI=1S/C15H19N3O2/c19-14(18-13-4-2-8-17-15(13)20)11-5-6-12-10(9-11)3-1-7-16-12/h5-6,9,13,16H,1-4,7-8H2,(H,17,20)(H,18,19). The maximum absolute atomic E-state index is 12.2. The Morgan fingerprint density at radius 1 is 1.20 bits per heavy atom. The molecule has 5 heteroatoms. The van der Waals surface area contributed by atoms with Gasteiger partial charge in [-0.2, -0.15) is 0 Å². The van der Waals surface area contributed by atoms with Crippen molar-refractivity contribution in [2.24, 2.45) is 0 Å². The van der Waals surface area contributed by atoms with Gasteiger partial charge in [0.25, 0.3) is 5.91 Å². The van der Waals surface area contributed by atoms with Gasteiger partial charge in [-0.05, 0) is 49.4 Å². The van der Waals surface area contributed by atoms with Crippen LogP contribution in [-0.4, -0.2) is 30.9 Å². The highest BCUT2D eigenvalue weighted by Gasteiger charge is 2.24. The average Bonchev–Trinajstić information content (AvgIpc) is 2.49. The Labute approximate surface area is 118 Å². The van der Waals surface area contributed by atoms with Crippen LogP contribution in [0.5, 0.6) is 0 Å². The largest absolute Gasteiger partial charge is 0.385 e. The Kier molecular flexibility index (Phi) is 3.58. The quantitative estimate of drug-likeness (QED) is 0.754. The molecule has 0 aromatic heterocycles. The van der Waals surface area contributed by atoms with Gasteiger partial charge in [0, 0.05) is 24.3 Å². The number of carbonyl (C=O) groups excluding carboxylic acids is 2. The normalized spacial score (nSPS) is 21.4. The molecule has 1 fully saturated rings. The van der Waals surface area contributed by atoms with E-state index >= 15 is 0 Å². The van der Waals surface area contributed by atoms with Crippen LogP contribution in [0.4, 0.5) is 5.69 Å². The summed E-state index contributed by atoms with van der Waals surface area (Å²) in [6, 6.07) is 5.29. The first-order valence-corrected chi connectivity index (χ1v) is 7.19.